The average molecular weight is 278 g/mol. The standard InChI is InChI=1S/C14H16ClN3O/c1-14(13(19)16-2)12-9(5-6-17-14)10-7-8(15)3-4-11(10)18-12/h3-4,7,17-18H,5-6H2,1-2H3,(H,16,19). The molecule has 2 heterocycles. The maximum atomic E-state index is 12.2. The molecule has 1 aromatic heterocycles. The van der Waals surface area contributed by atoms with Crippen LogP contribution in [0.3, 0.4) is 0 Å². The van der Waals surface area contributed by atoms with Gasteiger partial charge in [0.25, 0.3) is 0 Å². The smallest absolute Gasteiger partial charge is 0.245 e. The highest BCUT2D eigenvalue weighted by Gasteiger charge is 2.40. The predicted molar refractivity (Wildman–Crippen MR) is 76.4 cm³/mol. The number of hydrogen-bond donors (Lipinski definition) is 3. The van der Waals surface area contributed by atoms with E-state index in [1.54, 1.807) is 7.05 Å². The van der Waals surface area contributed by atoms with E-state index in [0.29, 0.717) is 0 Å². The number of hydrogen-bond acceptors (Lipinski definition) is 2. The van der Waals surface area contributed by atoms with Crippen LogP contribution >= 0.6 is 11.6 Å². The predicted octanol–water partition coefficient (Wildman–Crippen LogP) is 1.93. The number of nitrogens with one attached hydrogen (secondary N) is 3. The third-order valence-electron chi connectivity index (χ3n) is 3.90. The van der Waals surface area contributed by atoms with Gasteiger partial charge in [0.15, 0.2) is 0 Å². The minimum atomic E-state index is -0.714. The second-order valence-corrected chi connectivity index (χ2v) is 5.49. The molecule has 19 heavy (non-hydrogen) atoms. The van der Waals surface area contributed by atoms with Gasteiger partial charge in [0.2, 0.25) is 5.91 Å². The number of benzene rings is 1. The van der Waals surface area contributed by atoms with Gasteiger partial charge in [0, 0.05) is 35.2 Å². The topological polar surface area (TPSA) is 56.9 Å². The number of aromatic nitrogens is 1. The summed E-state index contributed by atoms with van der Waals surface area (Å²) >= 11 is 6.07. The van der Waals surface area contributed by atoms with Crippen LogP contribution in [-0.2, 0) is 16.8 Å². The lowest BCUT2D eigenvalue weighted by Gasteiger charge is -2.33. The van der Waals surface area contributed by atoms with Crippen LogP contribution < -0.4 is 10.6 Å². The van der Waals surface area contributed by atoms with E-state index in [4.69, 9.17) is 11.6 Å². The zero-order valence-corrected chi connectivity index (χ0v) is 11.7. The number of H-pyrrole nitrogens is 1. The van der Waals surface area contributed by atoms with Crippen molar-refractivity contribution < 1.29 is 4.79 Å². The normalized spacial score (nSPS) is 22.3. The van der Waals surface area contributed by atoms with E-state index in [0.717, 1.165) is 34.6 Å². The summed E-state index contributed by atoms with van der Waals surface area (Å²) in [6.07, 6.45) is 0.891. The van der Waals surface area contributed by atoms with Gasteiger partial charge in [-0.05, 0) is 37.1 Å². The van der Waals surface area contributed by atoms with Gasteiger partial charge < -0.3 is 10.3 Å². The molecule has 1 amide bonds. The van der Waals surface area contributed by atoms with Gasteiger partial charge in [0.1, 0.15) is 5.54 Å². The summed E-state index contributed by atoms with van der Waals surface area (Å²) in [4.78, 5) is 15.5. The summed E-state index contributed by atoms with van der Waals surface area (Å²) in [5.74, 6) is -0.0360. The molecular formula is C14H16ClN3O. The molecule has 3 rings (SSSR count). The Kier molecular flexibility index (Phi) is 2.80. The molecule has 0 radical (unpaired) electrons. The minimum Gasteiger partial charge on any atom is -0.357 e. The van der Waals surface area contributed by atoms with Crippen LogP contribution in [0.4, 0.5) is 0 Å². The molecule has 100 valence electrons. The highest BCUT2D eigenvalue weighted by atomic mass is 35.5. The second-order valence-electron chi connectivity index (χ2n) is 5.05. The van der Waals surface area contributed by atoms with Crippen LogP contribution in [0.1, 0.15) is 18.2 Å². The highest BCUT2D eigenvalue weighted by molar-refractivity contribution is 6.31. The Morgan fingerprint density at radius 2 is 2.26 bits per heavy atom. The Labute approximate surface area is 116 Å². The molecule has 0 saturated carbocycles. The molecule has 1 aliphatic heterocycles. The summed E-state index contributed by atoms with van der Waals surface area (Å²) < 4.78 is 0. The zero-order chi connectivity index (χ0) is 13.6. The van der Waals surface area contributed by atoms with Crippen molar-refractivity contribution >= 4 is 28.4 Å². The Balaban J connectivity index is 2.26. The van der Waals surface area contributed by atoms with E-state index in [-0.39, 0.29) is 5.91 Å². The number of carbonyl (C=O) groups excluding carboxylic acids is 1. The van der Waals surface area contributed by atoms with Crippen molar-refractivity contribution in [3.63, 3.8) is 0 Å². The van der Waals surface area contributed by atoms with Crippen molar-refractivity contribution in [1.82, 2.24) is 15.6 Å². The Morgan fingerprint density at radius 3 is 3.00 bits per heavy atom. The van der Waals surface area contributed by atoms with Crippen molar-refractivity contribution in [2.24, 2.45) is 0 Å². The number of fused-ring (bicyclic) bond motifs is 3. The lowest BCUT2D eigenvalue weighted by atomic mass is 9.88. The summed E-state index contributed by atoms with van der Waals surface area (Å²) in [6, 6.07) is 5.78. The molecule has 0 fully saturated rings. The fraction of sp³-hybridized carbons (Fsp3) is 0.357. The number of likely N-dealkylation sites (N-methyl/N-ethyl adjacent to an activating group) is 1. The highest BCUT2D eigenvalue weighted by Crippen LogP contribution is 2.34. The second kappa shape index (κ2) is 4.25. The molecule has 3 N–H and O–H groups in total. The number of halogens is 1. The van der Waals surface area contributed by atoms with Gasteiger partial charge in [-0.2, -0.15) is 0 Å². The van der Waals surface area contributed by atoms with Gasteiger partial charge in [-0.3, -0.25) is 10.1 Å². The Bertz CT molecular complexity index is 664. The maximum absolute atomic E-state index is 12.2. The molecule has 5 heteroatoms. The van der Waals surface area contributed by atoms with Crippen LogP contribution in [0.2, 0.25) is 5.02 Å². The Morgan fingerprint density at radius 1 is 1.47 bits per heavy atom. The summed E-state index contributed by atoms with van der Waals surface area (Å²) in [6.45, 7) is 2.68. The largest absolute Gasteiger partial charge is 0.357 e. The zero-order valence-electron chi connectivity index (χ0n) is 10.9. The number of rotatable bonds is 1. The van der Waals surface area contributed by atoms with Crippen molar-refractivity contribution in [2.45, 2.75) is 18.9 Å². The van der Waals surface area contributed by atoms with E-state index >= 15 is 0 Å². The Hall–Kier alpha value is -1.52. The van der Waals surface area contributed by atoms with E-state index < -0.39 is 5.54 Å². The van der Waals surface area contributed by atoms with Crippen molar-refractivity contribution in [1.29, 1.82) is 0 Å². The van der Waals surface area contributed by atoms with Gasteiger partial charge in [0.05, 0.1) is 0 Å². The van der Waals surface area contributed by atoms with Crippen LogP contribution in [0, 0.1) is 0 Å². The fourth-order valence-corrected chi connectivity index (χ4v) is 3.05. The van der Waals surface area contributed by atoms with E-state index in [9.17, 15) is 4.79 Å². The van der Waals surface area contributed by atoms with Crippen LogP contribution in [0.15, 0.2) is 18.2 Å². The molecule has 0 bridgehead atoms. The first-order chi connectivity index (χ1) is 9.06. The first-order valence-corrected chi connectivity index (χ1v) is 6.72. The summed E-state index contributed by atoms with van der Waals surface area (Å²) in [5.41, 5.74) is 2.43. The average Bonchev–Trinajstić information content (AvgIpc) is 2.78. The quantitative estimate of drug-likeness (QED) is 0.746. The first-order valence-electron chi connectivity index (χ1n) is 6.34. The van der Waals surface area contributed by atoms with Gasteiger partial charge in [-0.1, -0.05) is 11.6 Å². The molecule has 1 atom stereocenters. The first kappa shape index (κ1) is 12.5. The molecule has 1 aliphatic rings. The minimum absolute atomic E-state index is 0.0360. The van der Waals surface area contributed by atoms with E-state index in [1.165, 1.54) is 5.56 Å². The van der Waals surface area contributed by atoms with E-state index in [1.807, 2.05) is 25.1 Å². The third kappa shape index (κ3) is 1.75. The van der Waals surface area contributed by atoms with Crippen LogP contribution in [-0.4, -0.2) is 24.5 Å². The van der Waals surface area contributed by atoms with Crippen LogP contribution in [0.5, 0.6) is 0 Å². The van der Waals surface area contributed by atoms with Crippen molar-refractivity contribution in [3.05, 3.63) is 34.5 Å². The van der Waals surface area contributed by atoms with Crippen molar-refractivity contribution in [3.8, 4) is 0 Å². The van der Waals surface area contributed by atoms with E-state index in [2.05, 4.69) is 15.6 Å². The molecule has 0 spiro atoms. The molecule has 1 unspecified atom stereocenters. The van der Waals surface area contributed by atoms with Gasteiger partial charge in [-0.25, -0.2) is 0 Å². The molecular weight excluding hydrogens is 262 g/mol. The molecule has 0 saturated heterocycles. The van der Waals surface area contributed by atoms with Crippen LogP contribution in [0.25, 0.3) is 10.9 Å². The monoisotopic (exact) mass is 277 g/mol. The summed E-state index contributed by atoms with van der Waals surface area (Å²) in [7, 11) is 1.66. The number of carbonyl (C=O) groups is 1. The number of aromatic amines is 1. The lowest BCUT2D eigenvalue weighted by Crippen LogP contribution is -2.54. The molecule has 0 aliphatic carbocycles. The molecule has 2 aromatic rings. The maximum Gasteiger partial charge on any atom is 0.245 e. The lowest BCUT2D eigenvalue weighted by molar-refractivity contribution is -0.127. The SMILES string of the molecule is CNC(=O)C1(C)NCCc2c1[nH]c1ccc(Cl)cc21. The number of amides is 1. The van der Waals surface area contributed by atoms with Gasteiger partial charge in [-0.15, -0.1) is 0 Å². The third-order valence-corrected chi connectivity index (χ3v) is 4.14. The molecule has 4 nitrogen and oxygen atoms in total. The van der Waals surface area contributed by atoms with Crippen molar-refractivity contribution in [2.75, 3.05) is 13.6 Å². The summed E-state index contributed by atoms with van der Waals surface area (Å²) in [5, 5.41) is 7.85. The fourth-order valence-electron chi connectivity index (χ4n) is 2.88. The molecule has 1 aromatic carbocycles. The van der Waals surface area contributed by atoms with Gasteiger partial charge >= 0.3 is 0 Å².